The summed E-state index contributed by atoms with van der Waals surface area (Å²) in [6.45, 7) is 7.68. The number of benzene rings is 1. The summed E-state index contributed by atoms with van der Waals surface area (Å²) in [7, 11) is 0. The number of rotatable bonds is 6. The van der Waals surface area contributed by atoms with Gasteiger partial charge in [0.05, 0.1) is 6.04 Å². The fraction of sp³-hybridized carbons (Fsp3) is 0.412. The smallest absolute Gasteiger partial charge is 0.0587 e. The van der Waals surface area contributed by atoms with E-state index in [2.05, 4.69) is 61.8 Å². The molecule has 0 aliphatic carbocycles. The van der Waals surface area contributed by atoms with Crippen LogP contribution in [0.1, 0.15) is 47.9 Å². The molecule has 0 bridgehead atoms. The lowest BCUT2D eigenvalue weighted by Crippen LogP contribution is -2.23. The van der Waals surface area contributed by atoms with Crippen molar-refractivity contribution >= 4 is 11.3 Å². The lowest BCUT2D eigenvalue weighted by molar-refractivity contribution is 0.596. The summed E-state index contributed by atoms with van der Waals surface area (Å²) in [5.74, 6) is 0. The van der Waals surface area contributed by atoms with Gasteiger partial charge in [-0.25, -0.2) is 0 Å². The Morgan fingerprint density at radius 3 is 2.63 bits per heavy atom. The second-order valence-electron chi connectivity index (χ2n) is 4.93. The summed E-state index contributed by atoms with van der Waals surface area (Å²) in [5, 5.41) is 5.98. The number of thiophene rings is 1. The largest absolute Gasteiger partial charge is 0.306 e. The van der Waals surface area contributed by atoms with Gasteiger partial charge in [-0.2, -0.15) is 0 Å². The van der Waals surface area contributed by atoms with E-state index in [0.717, 1.165) is 19.4 Å². The predicted octanol–water partition coefficient (Wildman–Crippen LogP) is 4.71. The third-order valence-electron chi connectivity index (χ3n) is 3.43. The van der Waals surface area contributed by atoms with Crippen molar-refractivity contribution in [3.8, 4) is 0 Å². The Morgan fingerprint density at radius 2 is 2.00 bits per heavy atom. The maximum Gasteiger partial charge on any atom is 0.0587 e. The van der Waals surface area contributed by atoms with Crippen molar-refractivity contribution in [2.75, 3.05) is 6.54 Å². The highest BCUT2D eigenvalue weighted by Crippen LogP contribution is 2.28. The monoisotopic (exact) mass is 273 g/mol. The summed E-state index contributed by atoms with van der Waals surface area (Å²) < 4.78 is 0. The Kier molecular flexibility index (Phi) is 5.17. The first kappa shape index (κ1) is 14.3. The molecule has 0 saturated carbocycles. The standard InChI is InChI=1S/C17H23NS/c1-4-10-18-17(15-11-13(3)19-12-15)16-9-7-6-8-14(16)5-2/h6-9,11-12,17-18H,4-5,10H2,1-3H3. The first-order chi connectivity index (χ1) is 9.26. The highest BCUT2D eigenvalue weighted by molar-refractivity contribution is 7.10. The summed E-state index contributed by atoms with van der Waals surface area (Å²) in [5.41, 5.74) is 4.27. The molecule has 0 radical (unpaired) electrons. The first-order valence-electron chi connectivity index (χ1n) is 7.12. The van der Waals surface area contributed by atoms with Crippen LogP contribution in [0.5, 0.6) is 0 Å². The topological polar surface area (TPSA) is 12.0 Å². The minimum atomic E-state index is 0.334. The molecule has 1 atom stereocenters. The van der Waals surface area contributed by atoms with E-state index in [1.807, 2.05) is 11.3 Å². The minimum Gasteiger partial charge on any atom is -0.306 e. The SMILES string of the molecule is CCCNC(c1csc(C)c1)c1ccccc1CC. The number of hydrogen-bond acceptors (Lipinski definition) is 2. The Balaban J connectivity index is 2.36. The van der Waals surface area contributed by atoms with Gasteiger partial charge >= 0.3 is 0 Å². The second kappa shape index (κ2) is 6.88. The van der Waals surface area contributed by atoms with E-state index in [0.29, 0.717) is 6.04 Å². The Hall–Kier alpha value is -1.12. The molecule has 1 aromatic heterocycles. The van der Waals surface area contributed by atoms with Gasteiger partial charge < -0.3 is 5.32 Å². The van der Waals surface area contributed by atoms with Crippen LogP contribution < -0.4 is 5.32 Å². The van der Waals surface area contributed by atoms with Crippen LogP contribution >= 0.6 is 11.3 Å². The Morgan fingerprint density at radius 1 is 1.21 bits per heavy atom. The van der Waals surface area contributed by atoms with E-state index in [1.165, 1.54) is 21.6 Å². The molecule has 0 aliphatic rings. The summed E-state index contributed by atoms with van der Waals surface area (Å²) >= 11 is 1.83. The lowest BCUT2D eigenvalue weighted by atomic mass is 9.94. The van der Waals surface area contributed by atoms with Gasteiger partial charge in [0.1, 0.15) is 0 Å². The number of aryl methyl sites for hydroxylation is 2. The Bertz CT molecular complexity index is 515. The Labute approximate surface area is 120 Å². The molecule has 1 nitrogen and oxygen atoms in total. The average molecular weight is 273 g/mol. The van der Waals surface area contributed by atoms with Gasteiger partial charge in [-0.05, 0) is 54.4 Å². The molecule has 0 spiro atoms. The van der Waals surface area contributed by atoms with Crippen molar-refractivity contribution in [3.63, 3.8) is 0 Å². The molecule has 19 heavy (non-hydrogen) atoms. The van der Waals surface area contributed by atoms with E-state index in [4.69, 9.17) is 0 Å². The molecule has 0 saturated heterocycles. The average Bonchev–Trinajstić information content (AvgIpc) is 2.86. The van der Waals surface area contributed by atoms with Crippen LogP contribution in [-0.2, 0) is 6.42 Å². The molecule has 102 valence electrons. The van der Waals surface area contributed by atoms with E-state index in [9.17, 15) is 0 Å². The van der Waals surface area contributed by atoms with Gasteiger partial charge in [0.2, 0.25) is 0 Å². The van der Waals surface area contributed by atoms with Crippen LogP contribution in [0, 0.1) is 6.92 Å². The van der Waals surface area contributed by atoms with Crippen molar-refractivity contribution in [1.82, 2.24) is 5.32 Å². The van der Waals surface area contributed by atoms with E-state index in [-0.39, 0.29) is 0 Å². The highest BCUT2D eigenvalue weighted by Gasteiger charge is 2.16. The van der Waals surface area contributed by atoms with Crippen LogP contribution in [0.4, 0.5) is 0 Å². The van der Waals surface area contributed by atoms with Gasteiger partial charge in [-0.3, -0.25) is 0 Å². The number of nitrogens with one attached hydrogen (secondary N) is 1. The molecular weight excluding hydrogens is 250 g/mol. The molecule has 1 unspecified atom stereocenters. The van der Waals surface area contributed by atoms with Gasteiger partial charge in [-0.15, -0.1) is 11.3 Å². The fourth-order valence-electron chi connectivity index (χ4n) is 2.45. The summed E-state index contributed by atoms with van der Waals surface area (Å²) in [6.07, 6.45) is 2.25. The molecule has 2 heteroatoms. The molecule has 2 rings (SSSR count). The van der Waals surface area contributed by atoms with Crippen LogP contribution in [-0.4, -0.2) is 6.54 Å². The summed E-state index contributed by atoms with van der Waals surface area (Å²) in [4.78, 5) is 1.38. The molecule has 1 aromatic carbocycles. The lowest BCUT2D eigenvalue weighted by Gasteiger charge is -2.21. The van der Waals surface area contributed by atoms with Crippen molar-refractivity contribution in [1.29, 1.82) is 0 Å². The normalized spacial score (nSPS) is 12.6. The zero-order chi connectivity index (χ0) is 13.7. The molecule has 0 aliphatic heterocycles. The molecule has 0 amide bonds. The molecule has 1 heterocycles. The van der Waals surface area contributed by atoms with Gasteiger partial charge in [0, 0.05) is 4.88 Å². The van der Waals surface area contributed by atoms with Crippen LogP contribution in [0.15, 0.2) is 35.7 Å². The maximum atomic E-state index is 3.70. The van der Waals surface area contributed by atoms with Crippen LogP contribution in [0.2, 0.25) is 0 Å². The van der Waals surface area contributed by atoms with E-state index in [1.54, 1.807) is 0 Å². The zero-order valence-corrected chi connectivity index (χ0v) is 12.9. The number of hydrogen-bond donors (Lipinski definition) is 1. The van der Waals surface area contributed by atoms with Crippen molar-refractivity contribution < 1.29 is 0 Å². The highest BCUT2D eigenvalue weighted by atomic mass is 32.1. The second-order valence-corrected chi connectivity index (χ2v) is 6.05. The van der Waals surface area contributed by atoms with Crippen LogP contribution in [0.3, 0.4) is 0 Å². The molecule has 0 fully saturated rings. The summed E-state index contributed by atoms with van der Waals surface area (Å²) in [6, 6.07) is 11.4. The van der Waals surface area contributed by atoms with Crippen LogP contribution in [0.25, 0.3) is 0 Å². The molecule has 2 aromatic rings. The van der Waals surface area contributed by atoms with E-state index < -0.39 is 0 Å². The van der Waals surface area contributed by atoms with Gasteiger partial charge in [0.25, 0.3) is 0 Å². The third kappa shape index (κ3) is 3.46. The van der Waals surface area contributed by atoms with E-state index >= 15 is 0 Å². The van der Waals surface area contributed by atoms with Crippen molar-refractivity contribution in [2.24, 2.45) is 0 Å². The molecule has 1 N–H and O–H groups in total. The maximum absolute atomic E-state index is 3.70. The fourth-order valence-corrected chi connectivity index (χ4v) is 3.18. The zero-order valence-electron chi connectivity index (χ0n) is 12.1. The first-order valence-corrected chi connectivity index (χ1v) is 8.00. The van der Waals surface area contributed by atoms with Gasteiger partial charge in [0.15, 0.2) is 0 Å². The molecular formula is C17H23NS. The predicted molar refractivity (Wildman–Crippen MR) is 85.0 cm³/mol. The quantitative estimate of drug-likeness (QED) is 0.804. The van der Waals surface area contributed by atoms with Crippen molar-refractivity contribution in [2.45, 2.75) is 39.7 Å². The third-order valence-corrected chi connectivity index (χ3v) is 4.31. The van der Waals surface area contributed by atoms with Gasteiger partial charge in [-0.1, -0.05) is 38.1 Å². The minimum absolute atomic E-state index is 0.334. The van der Waals surface area contributed by atoms with Crippen molar-refractivity contribution in [3.05, 3.63) is 57.3 Å².